The molecule has 1 atom stereocenters. The molecular weight excluding hydrogens is 282 g/mol. The number of benzene rings is 1. The molecule has 1 unspecified atom stereocenters. The first-order chi connectivity index (χ1) is 10.3. The Morgan fingerprint density at radius 1 is 1.32 bits per heavy atom. The van der Waals surface area contributed by atoms with Crippen LogP contribution in [0.1, 0.15) is 33.3 Å². The zero-order chi connectivity index (χ0) is 16.6. The molecule has 0 heterocycles. The lowest BCUT2D eigenvalue weighted by Gasteiger charge is -2.25. The van der Waals surface area contributed by atoms with Crippen molar-refractivity contribution < 1.29 is 19.4 Å². The molecule has 0 fully saturated rings. The first-order valence-electron chi connectivity index (χ1n) is 7.55. The number of hydrogen-bond acceptors (Lipinski definition) is 5. The molecule has 0 saturated carbocycles. The Morgan fingerprint density at radius 2 is 2.00 bits per heavy atom. The minimum Gasteiger partial charge on any atom is -0.489 e. The van der Waals surface area contributed by atoms with Gasteiger partial charge in [0.25, 0.3) is 0 Å². The maximum Gasteiger partial charge on any atom is 0.303 e. The van der Waals surface area contributed by atoms with E-state index in [0.717, 1.165) is 5.56 Å². The van der Waals surface area contributed by atoms with Crippen LogP contribution in [0.3, 0.4) is 0 Å². The van der Waals surface area contributed by atoms with E-state index in [1.54, 1.807) is 0 Å². The average molecular weight is 309 g/mol. The van der Waals surface area contributed by atoms with Gasteiger partial charge in [-0.2, -0.15) is 0 Å². The van der Waals surface area contributed by atoms with Crippen molar-refractivity contribution in [1.29, 1.82) is 0 Å². The van der Waals surface area contributed by atoms with Crippen LogP contribution < -0.4 is 10.1 Å². The number of rotatable bonds is 8. The van der Waals surface area contributed by atoms with Crippen molar-refractivity contribution in [2.45, 2.75) is 45.8 Å². The molecular formula is C17H27NO4. The third kappa shape index (κ3) is 7.43. The molecule has 5 nitrogen and oxygen atoms in total. The molecule has 0 aromatic heterocycles. The van der Waals surface area contributed by atoms with E-state index in [9.17, 15) is 4.79 Å². The molecule has 1 aromatic carbocycles. The summed E-state index contributed by atoms with van der Waals surface area (Å²) < 4.78 is 11.1. The van der Waals surface area contributed by atoms with E-state index in [0.29, 0.717) is 18.7 Å². The van der Waals surface area contributed by atoms with Gasteiger partial charge in [-0.1, -0.05) is 18.2 Å². The fourth-order valence-electron chi connectivity index (χ4n) is 1.94. The summed E-state index contributed by atoms with van der Waals surface area (Å²) in [5.74, 6) is 0.386. The number of ether oxygens (including phenoxy) is 2. The molecule has 124 valence electrons. The Bertz CT molecular complexity index is 468. The molecule has 0 aliphatic heterocycles. The van der Waals surface area contributed by atoms with Crippen LogP contribution in [0, 0.1) is 0 Å². The summed E-state index contributed by atoms with van der Waals surface area (Å²) in [6.07, 6.45) is 0.174. The summed E-state index contributed by atoms with van der Waals surface area (Å²) in [5, 5.41) is 12.4. The fourth-order valence-corrected chi connectivity index (χ4v) is 1.94. The van der Waals surface area contributed by atoms with Gasteiger partial charge in [0, 0.05) is 25.6 Å². The highest BCUT2D eigenvalue weighted by Crippen LogP contribution is 2.18. The lowest BCUT2D eigenvalue weighted by Crippen LogP contribution is -2.44. The van der Waals surface area contributed by atoms with Gasteiger partial charge in [0.15, 0.2) is 0 Å². The van der Waals surface area contributed by atoms with E-state index in [1.165, 1.54) is 6.92 Å². The largest absolute Gasteiger partial charge is 0.489 e. The first kappa shape index (κ1) is 18.5. The van der Waals surface area contributed by atoms with Gasteiger partial charge < -0.3 is 19.9 Å². The summed E-state index contributed by atoms with van der Waals surface area (Å²) >= 11 is 0. The monoisotopic (exact) mass is 309 g/mol. The third-order valence-corrected chi connectivity index (χ3v) is 2.97. The van der Waals surface area contributed by atoms with Crippen LogP contribution in [0.2, 0.25) is 0 Å². The SMILES string of the molecule is CC(=O)OC(CNC(C)(C)C)COc1ccccc1CCO. The van der Waals surface area contributed by atoms with Gasteiger partial charge in [0.2, 0.25) is 0 Å². The Labute approximate surface area is 132 Å². The maximum absolute atomic E-state index is 11.2. The molecule has 0 aliphatic rings. The van der Waals surface area contributed by atoms with Crippen molar-refractivity contribution in [3.8, 4) is 5.75 Å². The molecule has 0 saturated heterocycles. The predicted octanol–water partition coefficient (Wildman–Crippen LogP) is 1.92. The topological polar surface area (TPSA) is 67.8 Å². The summed E-state index contributed by atoms with van der Waals surface area (Å²) in [5.41, 5.74) is 0.878. The second kappa shape index (κ2) is 8.76. The highest BCUT2D eigenvalue weighted by atomic mass is 16.6. The van der Waals surface area contributed by atoms with Crippen molar-refractivity contribution in [3.05, 3.63) is 29.8 Å². The van der Waals surface area contributed by atoms with E-state index in [-0.39, 0.29) is 30.8 Å². The molecule has 0 spiro atoms. The Balaban J connectivity index is 2.64. The smallest absolute Gasteiger partial charge is 0.303 e. The quantitative estimate of drug-likeness (QED) is 0.718. The van der Waals surface area contributed by atoms with Crippen LogP contribution in [0.15, 0.2) is 24.3 Å². The Hall–Kier alpha value is -1.59. The lowest BCUT2D eigenvalue weighted by molar-refractivity contribution is -0.147. The zero-order valence-electron chi connectivity index (χ0n) is 13.9. The molecule has 1 rings (SSSR count). The van der Waals surface area contributed by atoms with E-state index < -0.39 is 0 Å². The van der Waals surface area contributed by atoms with Crippen LogP contribution in [-0.2, 0) is 16.0 Å². The van der Waals surface area contributed by atoms with Crippen molar-refractivity contribution in [2.75, 3.05) is 19.8 Å². The number of hydrogen-bond donors (Lipinski definition) is 2. The molecule has 0 radical (unpaired) electrons. The van der Waals surface area contributed by atoms with Gasteiger partial charge in [-0.25, -0.2) is 0 Å². The van der Waals surface area contributed by atoms with Gasteiger partial charge in [0.1, 0.15) is 18.5 Å². The average Bonchev–Trinajstić information content (AvgIpc) is 2.42. The number of para-hydroxylation sites is 1. The first-order valence-corrected chi connectivity index (χ1v) is 7.55. The minimum absolute atomic E-state index is 0.0623. The number of carbonyl (C=O) groups is 1. The number of aliphatic hydroxyl groups is 1. The number of carbonyl (C=O) groups excluding carboxylic acids is 1. The van der Waals surface area contributed by atoms with Crippen LogP contribution in [0.4, 0.5) is 0 Å². The van der Waals surface area contributed by atoms with Gasteiger partial charge in [-0.3, -0.25) is 4.79 Å². The Morgan fingerprint density at radius 3 is 2.59 bits per heavy atom. The Kier molecular flexibility index (Phi) is 7.35. The summed E-state index contributed by atoms with van der Waals surface area (Å²) in [6, 6.07) is 7.56. The molecule has 5 heteroatoms. The van der Waals surface area contributed by atoms with E-state index in [1.807, 2.05) is 24.3 Å². The number of aliphatic hydroxyl groups excluding tert-OH is 1. The van der Waals surface area contributed by atoms with Crippen molar-refractivity contribution >= 4 is 5.97 Å². The van der Waals surface area contributed by atoms with Crippen molar-refractivity contribution in [2.24, 2.45) is 0 Å². The van der Waals surface area contributed by atoms with E-state index >= 15 is 0 Å². The lowest BCUT2D eigenvalue weighted by atomic mass is 10.1. The molecule has 2 N–H and O–H groups in total. The second-order valence-electron chi connectivity index (χ2n) is 6.25. The second-order valence-corrected chi connectivity index (χ2v) is 6.25. The zero-order valence-corrected chi connectivity index (χ0v) is 13.9. The molecule has 0 aliphatic carbocycles. The molecule has 0 bridgehead atoms. The third-order valence-electron chi connectivity index (χ3n) is 2.97. The molecule has 22 heavy (non-hydrogen) atoms. The van der Waals surface area contributed by atoms with Crippen LogP contribution in [-0.4, -0.2) is 42.5 Å². The number of nitrogens with one attached hydrogen (secondary N) is 1. The highest BCUT2D eigenvalue weighted by molar-refractivity contribution is 5.66. The molecule has 1 aromatic rings. The van der Waals surface area contributed by atoms with Crippen molar-refractivity contribution in [1.82, 2.24) is 5.32 Å². The normalized spacial score (nSPS) is 12.8. The van der Waals surface area contributed by atoms with Gasteiger partial charge >= 0.3 is 5.97 Å². The minimum atomic E-state index is -0.362. The van der Waals surface area contributed by atoms with E-state index in [2.05, 4.69) is 26.1 Å². The van der Waals surface area contributed by atoms with E-state index in [4.69, 9.17) is 14.6 Å². The standard InChI is InChI=1S/C17H27NO4/c1-13(20)22-15(11-18-17(2,3)4)12-21-16-8-6-5-7-14(16)9-10-19/h5-8,15,18-19H,9-12H2,1-4H3. The molecule has 0 amide bonds. The van der Waals surface area contributed by atoms with Crippen LogP contribution in [0.5, 0.6) is 5.75 Å². The highest BCUT2D eigenvalue weighted by Gasteiger charge is 2.18. The fraction of sp³-hybridized carbons (Fsp3) is 0.588. The summed E-state index contributed by atoms with van der Waals surface area (Å²) in [6.45, 7) is 8.40. The van der Waals surface area contributed by atoms with Crippen LogP contribution >= 0.6 is 0 Å². The maximum atomic E-state index is 11.2. The van der Waals surface area contributed by atoms with Gasteiger partial charge in [-0.15, -0.1) is 0 Å². The predicted molar refractivity (Wildman–Crippen MR) is 86.0 cm³/mol. The van der Waals surface area contributed by atoms with Crippen LogP contribution in [0.25, 0.3) is 0 Å². The van der Waals surface area contributed by atoms with Crippen molar-refractivity contribution in [3.63, 3.8) is 0 Å². The summed E-state index contributed by atoms with van der Waals surface area (Å²) in [7, 11) is 0. The summed E-state index contributed by atoms with van der Waals surface area (Å²) in [4.78, 5) is 11.2. The van der Waals surface area contributed by atoms with Gasteiger partial charge in [0.05, 0.1) is 0 Å². The van der Waals surface area contributed by atoms with Gasteiger partial charge in [-0.05, 0) is 38.8 Å². The number of esters is 1.